The first-order valence-corrected chi connectivity index (χ1v) is 6.25. The molecule has 1 unspecified atom stereocenters. The molecule has 4 nitrogen and oxygen atoms in total. The zero-order valence-electron chi connectivity index (χ0n) is 9.59. The Labute approximate surface area is 107 Å². The standard InChI is InChI=1S/C12H11FN2O2S/c1-8(9-4-5-18-7-9)14-11-6-10(13)2-3-12(11)15(16)17/h2-8,14H,1H3. The van der Waals surface area contributed by atoms with E-state index in [1.165, 1.54) is 0 Å². The quantitative estimate of drug-likeness (QED) is 0.673. The molecule has 1 aromatic heterocycles. The van der Waals surface area contributed by atoms with Gasteiger partial charge in [0.15, 0.2) is 0 Å². The van der Waals surface area contributed by atoms with Crippen LogP contribution in [0.2, 0.25) is 0 Å². The van der Waals surface area contributed by atoms with Gasteiger partial charge in [0.1, 0.15) is 11.5 Å². The maximum Gasteiger partial charge on any atom is 0.292 e. The molecule has 0 radical (unpaired) electrons. The monoisotopic (exact) mass is 266 g/mol. The van der Waals surface area contributed by atoms with Crippen LogP contribution in [0, 0.1) is 15.9 Å². The lowest BCUT2D eigenvalue weighted by Crippen LogP contribution is -2.07. The molecule has 0 saturated carbocycles. The largest absolute Gasteiger partial charge is 0.373 e. The SMILES string of the molecule is CC(Nc1cc(F)ccc1[N+](=O)[O-])c1ccsc1. The van der Waals surface area contributed by atoms with Gasteiger partial charge in [-0.3, -0.25) is 10.1 Å². The van der Waals surface area contributed by atoms with Gasteiger partial charge < -0.3 is 5.32 Å². The Hall–Kier alpha value is -1.95. The molecule has 0 amide bonds. The minimum atomic E-state index is -0.526. The molecule has 2 rings (SSSR count). The summed E-state index contributed by atoms with van der Waals surface area (Å²) in [5, 5.41) is 17.7. The molecular formula is C12H11FN2O2S. The Bertz CT molecular complexity index is 557. The summed E-state index contributed by atoms with van der Waals surface area (Å²) in [6.07, 6.45) is 0. The van der Waals surface area contributed by atoms with E-state index >= 15 is 0 Å². The highest BCUT2D eigenvalue weighted by Gasteiger charge is 2.16. The predicted molar refractivity (Wildman–Crippen MR) is 69.4 cm³/mol. The van der Waals surface area contributed by atoms with Crippen LogP contribution in [-0.4, -0.2) is 4.92 Å². The third-order valence-electron chi connectivity index (χ3n) is 2.57. The smallest absolute Gasteiger partial charge is 0.292 e. The fourth-order valence-corrected chi connectivity index (χ4v) is 2.38. The van der Waals surface area contributed by atoms with Crippen LogP contribution in [0.4, 0.5) is 15.8 Å². The lowest BCUT2D eigenvalue weighted by molar-refractivity contribution is -0.384. The van der Waals surface area contributed by atoms with Gasteiger partial charge in [-0.05, 0) is 35.4 Å². The minimum absolute atomic E-state index is 0.114. The summed E-state index contributed by atoms with van der Waals surface area (Å²) in [4.78, 5) is 10.3. The highest BCUT2D eigenvalue weighted by atomic mass is 32.1. The van der Waals surface area contributed by atoms with Gasteiger partial charge in [-0.15, -0.1) is 0 Å². The molecule has 94 valence electrons. The minimum Gasteiger partial charge on any atom is -0.373 e. The molecular weight excluding hydrogens is 255 g/mol. The first-order valence-electron chi connectivity index (χ1n) is 5.30. The summed E-state index contributed by atoms with van der Waals surface area (Å²) in [6, 6.07) is 5.20. The van der Waals surface area contributed by atoms with Gasteiger partial charge in [0, 0.05) is 18.2 Å². The Morgan fingerprint density at radius 2 is 2.22 bits per heavy atom. The van der Waals surface area contributed by atoms with Crippen molar-refractivity contribution in [3.8, 4) is 0 Å². The van der Waals surface area contributed by atoms with Crippen LogP contribution in [0.1, 0.15) is 18.5 Å². The van der Waals surface area contributed by atoms with E-state index in [1.54, 1.807) is 11.3 Å². The van der Waals surface area contributed by atoms with Gasteiger partial charge in [0.25, 0.3) is 5.69 Å². The van der Waals surface area contributed by atoms with Crippen LogP contribution < -0.4 is 5.32 Å². The van der Waals surface area contributed by atoms with Crippen molar-refractivity contribution in [1.29, 1.82) is 0 Å². The third-order valence-corrected chi connectivity index (χ3v) is 3.27. The van der Waals surface area contributed by atoms with E-state index in [2.05, 4.69) is 5.32 Å². The van der Waals surface area contributed by atoms with E-state index in [0.29, 0.717) is 0 Å². The van der Waals surface area contributed by atoms with Gasteiger partial charge in [0.05, 0.1) is 4.92 Å². The summed E-state index contributed by atoms with van der Waals surface area (Å²) in [5.41, 5.74) is 1.08. The first-order chi connectivity index (χ1) is 8.58. The Morgan fingerprint density at radius 3 is 2.83 bits per heavy atom. The van der Waals surface area contributed by atoms with Gasteiger partial charge in [-0.2, -0.15) is 11.3 Å². The van der Waals surface area contributed by atoms with Crippen LogP contribution in [0.3, 0.4) is 0 Å². The molecule has 2 aromatic rings. The first kappa shape index (κ1) is 12.5. The summed E-state index contributed by atoms with van der Waals surface area (Å²) < 4.78 is 13.1. The number of rotatable bonds is 4. The molecule has 0 aliphatic heterocycles. The molecule has 18 heavy (non-hydrogen) atoms. The molecule has 0 bridgehead atoms. The number of nitro benzene ring substituents is 1. The summed E-state index contributed by atoms with van der Waals surface area (Å²) in [6.45, 7) is 1.87. The molecule has 0 aliphatic carbocycles. The molecule has 0 aliphatic rings. The maximum atomic E-state index is 13.1. The number of nitrogens with one attached hydrogen (secondary N) is 1. The second-order valence-corrected chi connectivity index (χ2v) is 4.62. The number of benzene rings is 1. The molecule has 0 saturated heterocycles. The van der Waals surface area contributed by atoms with Gasteiger partial charge in [-0.25, -0.2) is 4.39 Å². The van der Waals surface area contributed by atoms with Crippen LogP contribution in [0.15, 0.2) is 35.0 Å². The average Bonchev–Trinajstić information content (AvgIpc) is 2.81. The zero-order chi connectivity index (χ0) is 13.1. The number of thiophene rings is 1. The third kappa shape index (κ3) is 2.65. The number of anilines is 1. The number of halogens is 1. The van der Waals surface area contributed by atoms with Crippen molar-refractivity contribution in [2.45, 2.75) is 13.0 Å². The number of hydrogen-bond donors (Lipinski definition) is 1. The summed E-state index contributed by atoms with van der Waals surface area (Å²) >= 11 is 1.54. The zero-order valence-corrected chi connectivity index (χ0v) is 10.4. The van der Waals surface area contributed by atoms with Crippen molar-refractivity contribution in [1.82, 2.24) is 0 Å². The molecule has 6 heteroatoms. The van der Waals surface area contributed by atoms with Crippen LogP contribution in [0.25, 0.3) is 0 Å². The van der Waals surface area contributed by atoms with E-state index < -0.39 is 10.7 Å². The van der Waals surface area contributed by atoms with Crippen molar-refractivity contribution in [2.75, 3.05) is 5.32 Å². The molecule has 0 spiro atoms. The summed E-state index contributed by atoms with van der Waals surface area (Å²) in [7, 11) is 0. The second-order valence-electron chi connectivity index (χ2n) is 3.84. The Kier molecular flexibility index (Phi) is 3.57. The van der Waals surface area contributed by atoms with Gasteiger partial charge in [0.2, 0.25) is 0 Å². The van der Waals surface area contributed by atoms with E-state index in [9.17, 15) is 14.5 Å². The van der Waals surface area contributed by atoms with Crippen LogP contribution in [-0.2, 0) is 0 Å². The van der Waals surface area contributed by atoms with Crippen molar-refractivity contribution in [2.24, 2.45) is 0 Å². The van der Waals surface area contributed by atoms with Crippen LogP contribution >= 0.6 is 11.3 Å². The van der Waals surface area contributed by atoms with Crippen molar-refractivity contribution < 1.29 is 9.31 Å². The topological polar surface area (TPSA) is 55.2 Å². The normalized spacial score (nSPS) is 12.1. The lowest BCUT2D eigenvalue weighted by atomic mass is 10.1. The van der Waals surface area contributed by atoms with E-state index in [-0.39, 0.29) is 17.4 Å². The Morgan fingerprint density at radius 1 is 1.44 bits per heavy atom. The maximum absolute atomic E-state index is 13.1. The number of nitro groups is 1. The van der Waals surface area contributed by atoms with E-state index in [1.807, 2.05) is 23.8 Å². The van der Waals surface area contributed by atoms with E-state index in [4.69, 9.17) is 0 Å². The highest BCUT2D eigenvalue weighted by Crippen LogP contribution is 2.29. The Balaban J connectivity index is 2.28. The van der Waals surface area contributed by atoms with Crippen molar-refractivity contribution in [3.63, 3.8) is 0 Å². The highest BCUT2D eigenvalue weighted by molar-refractivity contribution is 7.07. The molecule has 1 heterocycles. The fraction of sp³-hybridized carbons (Fsp3) is 0.167. The molecule has 0 fully saturated rings. The predicted octanol–water partition coefficient (Wildman–Crippen LogP) is 3.97. The van der Waals surface area contributed by atoms with Gasteiger partial charge >= 0.3 is 0 Å². The molecule has 1 atom stereocenters. The second kappa shape index (κ2) is 5.14. The number of hydrogen-bond acceptors (Lipinski definition) is 4. The van der Waals surface area contributed by atoms with Crippen LogP contribution in [0.5, 0.6) is 0 Å². The van der Waals surface area contributed by atoms with Crippen molar-refractivity contribution >= 4 is 22.7 Å². The average molecular weight is 266 g/mol. The fourth-order valence-electron chi connectivity index (χ4n) is 1.62. The van der Waals surface area contributed by atoms with E-state index in [0.717, 1.165) is 23.8 Å². The summed E-state index contributed by atoms with van der Waals surface area (Å²) in [5.74, 6) is -0.499. The molecule has 1 N–H and O–H groups in total. The van der Waals surface area contributed by atoms with Gasteiger partial charge in [-0.1, -0.05) is 0 Å². The number of nitrogens with zero attached hydrogens (tertiary/aromatic N) is 1. The van der Waals surface area contributed by atoms with Crippen molar-refractivity contribution in [3.05, 3.63) is 56.5 Å². The molecule has 1 aromatic carbocycles. The lowest BCUT2D eigenvalue weighted by Gasteiger charge is -2.14.